The molecule has 18 heavy (non-hydrogen) atoms. The maximum atomic E-state index is 9.80. The first-order valence-corrected chi connectivity index (χ1v) is 8.14. The molecule has 0 saturated heterocycles. The molecule has 0 aliphatic carbocycles. The van der Waals surface area contributed by atoms with Gasteiger partial charge in [0, 0.05) is 0 Å². The second-order valence-electron chi connectivity index (χ2n) is 5.41. The van der Waals surface area contributed by atoms with Gasteiger partial charge in [0.15, 0.2) is 0 Å². The topological polar surface area (TPSA) is 20.2 Å². The number of hydrogen-bond acceptors (Lipinski definition) is 1. The van der Waals surface area contributed by atoms with Crippen LogP contribution >= 0.6 is 0 Å². The highest BCUT2D eigenvalue weighted by Gasteiger charge is 2.00. The molecule has 0 amide bonds. The van der Waals surface area contributed by atoms with Crippen LogP contribution in [0.1, 0.15) is 90.9 Å². The van der Waals surface area contributed by atoms with Gasteiger partial charge in [-0.05, 0) is 25.7 Å². The number of allylic oxidation sites excluding steroid dienone is 1. The first-order chi connectivity index (χ1) is 8.81. The Bertz CT molecular complexity index is 174. The molecule has 0 bridgehead atoms. The van der Waals surface area contributed by atoms with E-state index in [9.17, 15) is 5.11 Å². The highest BCUT2D eigenvalue weighted by atomic mass is 16.3. The van der Waals surface area contributed by atoms with Crippen molar-refractivity contribution in [3.63, 3.8) is 0 Å². The van der Waals surface area contributed by atoms with Gasteiger partial charge in [0.25, 0.3) is 0 Å². The SMILES string of the molecule is CCCCCC=CCC(O)CCCCCCCC. The molecule has 0 aromatic carbocycles. The van der Waals surface area contributed by atoms with E-state index in [0.717, 1.165) is 12.8 Å². The van der Waals surface area contributed by atoms with Crippen LogP contribution in [0.25, 0.3) is 0 Å². The zero-order chi connectivity index (χ0) is 13.5. The summed E-state index contributed by atoms with van der Waals surface area (Å²) in [5.41, 5.74) is 0. The van der Waals surface area contributed by atoms with E-state index in [0.29, 0.717) is 0 Å². The Kier molecular flexibility index (Phi) is 14.5. The molecule has 0 aliphatic rings. The molecule has 0 spiro atoms. The van der Waals surface area contributed by atoms with E-state index >= 15 is 0 Å². The smallest absolute Gasteiger partial charge is 0.0574 e. The maximum Gasteiger partial charge on any atom is 0.0574 e. The molecule has 0 aliphatic heterocycles. The predicted molar refractivity (Wildman–Crippen MR) is 81.9 cm³/mol. The fourth-order valence-electron chi connectivity index (χ4n) is 2.16. The summed E-state index contributed by atoms with van der Waals surface area (Å²) in [7, 11) is 0. The Labute approximate surface area is 115 Å². The summed E-state index contributed by atoms with van der Waals surface area (Å²) in [5.74, 6) is 0. The average molecular weight is 254 g/mol. The Morgan fingerprint density at radius 1 is 0.778 bits per heavy atom. The van der Waals surface area contributed by atoms with Crippen molar-refractivity contribution in [2.45, 2.75) is 97.0 Å². The molecule has 0 saturated carbocycles. The predicted octanol–water partition coefficient (Wildman–Crippen LogP) is 5.62. The molecule has 0 radical (unpaired) electrons. The van der Waals surface area contributed by atoms with Gasteiger partial charge in [-0.15, -0.1) is 0 Å². The third kappa shape index (κ3) is 13.8. The quantitative estimate of drug-likeness (QED) is 0.334. The van der Waals surface area contributed by atoms with E-state index < -0.39 is 0 Å². The van der Waals surface area contributed by atoms with E-state index in [1.54, 1.807) is 0 Å². The van der Waals surface area contributed by atoms with Gasteiger partial charge in [0.2, 0.25) is 0 Å². The molecule has 1 heteroatoms. The number of aliphatic hydroxyl groups excluding tert-OH is 1. The van der Waals surface area contributed by atoms with Gasteiger partial charge in [-0.25, -0.2) is 0 Å². The standard InChI is InChI=1S/C17H34O/c1-3-5-7-9-11-13-15-17(18)16-14-12-10-8-6-4-2/h11,13,17-18H,3-10,12,14-16H2,1-2H3. The van der Waals surface area contributed by atoms with Crippen LogP contribution in [-0.4, -0.2) is 11.2 Å². The number of unbranched alkanes of at least 4 members (excludes halogenated alkanes) is 8. The Morgan fingerprint density at radius 3 is 2.11 bits per heavy atom. The lowest BCUT2D eigenvalue weighted by molar-refractivity contribution is 0.163. The van der Waals surface area contributed by atoms with Gasteiger partial charge >= 0.3 is 0 Å². The van der Waals surface area contributed by atoms with E-state index in [1.807, 2.05) is 0 Å². The third-order valence-electron chi connectivity index (χ3n) is 3.44. The van der Waals surface area contributed by atoms with E-state index in [2.05, 4.69) is 26.0 Å². The molecule has 1 N–H and O–H groups in total. The Hall–Kier alpha value is -0.300. The summed E-state index contributed by atoms with van der Waals surface area (Å²) in [6, 6.07) is 0. The number of aliphatic hydroxyl groups is 1. The van der Waals surface area contributed by atoms with E-state index in [1.165, 1.54) is 64.2 Å². The van der Waals surface area contributed by atoms with Gasteiger partial charge < -0.3 is 5.11 Å². The van der Waals surface area contributed by atoms with Gasteiger partial charge in [0.1, 0.15) is 0 Å². The molecular formula is C17H34O. The van der Waals surface area contributed by atoms with Crippen molar-refractivity contribution in [1.82, 2.24) is 0 Å². The second kappa shape index (κ2) is 14.8. The first-order valence-electron chi connectivity index (χ1n) is 8.14. The van der Waals surface area contributed by atoms with Crippen LogP contribution in [-0.2, 0) is 0 Å². The fraction of sp³-hybridized carbons (Fsp3) is 0.882. The Morgan fingerprint density at radius 2 is 1.39 bits per heavy atom. The summed E-state index contributed by atoms with van der Waals surface area (Å²) in [6.07, 6.45) is 19.1. The summed E-state index contributed by atoms with van der Waals surface area (Å²) in [6.45, 7) is 4.48. The van der Waals surface area contributed by atoms with Crippen molar-refractivity contribution in [3.8, 4) is 0 Å². The Balaban J connectivity index is 3.23. The van der Waals surface area contributed by atoms with Crippen molar-refractivity contribution in [3.05, 3.63) is 12.2 Å². The van der Waals surface area contributed by atoms with Crippen LogP contribution in [0.4, 0.5) is 0 Å². The molecule has 0 aromatic heterocycles. The van der Waals surface area contributed by atoms with E-state index in [-0.39, 0.29) is 6.10 Å². The van der Waals surface area contributed by atoms with Crippen LogP contribution in [0.15, 0.2) is 12.2 Å². The monoisotopic (exact) mass is 254 g/mol. The van der Waals surface area contributed by atoms with Crippen LogP contribution < -0.4 is 0 Å². The number of hydrogen-bond donors (Lipinski definition) is 1. The molecule has 0 rings (SSSR count). The van der Waals surface area contributed by atoms with Crippen LogP contribution in [0.5, 0.6) is 0 Å². The second-order valence-corrected chi connectivity index (χ2v) is 5.41. The van der Waals surface area contributed by atoms with Crippen molar-refractivity contribution >= 4 is 0 Å². The molecule has 1 atom stereocenters. The highest BCUT2D eigenvalue weighted by molar-refractivity contribution is 4.83. The molecule has 0 fully saturated rings. The lowest BCUT2D eigenvalue weighted by atomic mass is 10.1. The lowest BCUT2D eigenvalue weighted by Gasteiger charge is -2.07. The molecular weight excluding hydrogens is 220 g/mol. The minimum atomic E-state index is -0.112. The summed E-state index contributed by atoms with van der Waals surface area (Å²) < 4.78 is 0. The highest BCUT2D eigenvalue weighted by Crippen LogP contribution is 2.10. The van der Waals surface area contributed by atoms with Gasteiger partial charge in [-0.2, -0.15) is 0 Å². The van der Waals surface area contributed by atoms with Crippen molar-refractivity contribution < 1.29 is 5.11 Å². The summed E-state index contributed by atoms with van der Waals surface area (Å²) in [5, 5.41) is 9.80. The molecule has 108 valence electrons. The molecule has 1 nitrogen and oxygen atoms in total. The van der Waals surface area contributed by atoms with E-state index in [4.69, 9.17) is 0 Å². The van der Waals surface area contributed by atoms with Crippen LogP contribution in [0.3, 0.4) is 0 Å². The maximum absolute atomic E-state index is 9.80. The summed E-state index contributed by atoms with van der Waals surface area (Å²) in [4.78, 5) is 0. The van der Waals surface area contributed by atoms with Crippen LogP contribution in [0.2, 0.25) is 0 Å². The van der Waals surface area contributed by atoms with Crippen molar-refractivity contribution in [2.24, 2.45) is 0 Å². The number of rotatable bonds is 13. The normalized spacial score (nSPS) is 13.3. The lowest BCUT2D eigenvalue weighted by Crippen LogP contribution is -2.04. The van der Waals surface area contributed by atoms with Gasteiger partial charge in [-0.1, -0.05) is 77.4 Å². The zero-order valence-corrected chi connectivity index (χ0v) is 12.7. The molecule has 0 heterocycles. The fourth-order valence-corrected chi connectivity index (χ4v) is 2.16. The molecule has 0 aromatic rings. The molecule has 1 unspecified atom stereocenters. The van der Waals surface area contributed by atoms with Crippen molar-refractivity contribution in [2.75, 3.05) is 0 Å². The first kappa shape index (κ1) is 17.7. The van der Waals surface area contributed by atoms with Crippen LogP contribution in [0, 0.1) is 0 Å². The average Bonchev–Trinajstić information content (AvgIpc) is 2.38. The zero-order valence-electron chi connectivity index (χ0n) is 12.7. The minimum Gasteiger partial charge on any atom is -0.393 e. The van der Waals surface area contributed by atoms with Crippen molar-refractivity contribution in [1.29, 1.82) is 0 Å². The third-order valence-corrected chi connectivity index (χ3v) is 3.44. The largest absolute Gasteiger partial charge is 0.393 e. The summed E-state index contributed by atoms with van der Waals surface area (Å²) >= 11 is 0. The van der Waals surface area contributed by atoms with Gasteiger partial charge in [0.05, 0.1) is 6.10 Å². The van der Waals surface area contributed by atoms with Gasteiger partial charge in [-0.3, -0.25) is 0 Å². The minimum absolute atomic E-state index is 0.112.